The van der Waals surface area contributed by atoms with Crippen molar-refractivity contribution in [1.29, 1.82) is 0 Å². The molecule has 0 bridgehead atoms. The number of pyridine rings is 1. The van der Waals surface area contributed by atoms with Crippen LogP contribution in [0.5, 0.6) is 5.75 Å². The molecule has 0 unspecified atom stereocenters. The van der Waals surface area contributed by atoms with Crippen molar-refractivity contribution < 1.29 is 22.7 Å². The first kappa shape index (κ1) is 22.6. The Bertz CT molecular complexity index is 1260. The van der Waals surface area contributed by atoms with Crippen molar-refractivity contribution in [3.05, 3.63) is 57.7 Å². The van der Waals surface area contributed by atoms with E-state index in [9.17, 15) is 18.0 Å². The first-order chi connectivity index (χ1) is 15.3. The Hall–Kier alpha value is -2.60. The number of anilines is 1. The zero-order valence-corrected chi connectivity index (χ0v) is 20.1. The number of fused-ring (bicyclic) bond motifs is 2. The summed E-state index contributed by atoms with van der Waals surface area (Å²) in [6, 6.07) is 8.61. The maximum atomic E-state index is 13.2. The molecule has 4 rings (SSSR count). The van der Waals surface area contributed by atoms with E-state index in [4.69, 9.17) is 4.74 Å². The minimum atomic E-state index is -4.29. The number of nitrogens with one attached hydrogen (secondary N) is 2. The van der Waals surface area contributed by atoms with Crippen LogP contribution in [0.2, 0.25) is 0 Å². The Morgan fingerprint density at radius 1 is 1.34 bits per heavy atom. The van der Waals surface area contributed by atoms with Crippen LogP contribution in [0.4, 0.5) is 18.9 Å². The van der Waals surface area contributed by atoms with Crippen molar-refractivity contribution in [3.63, 3.8) is 0 Å². The average Bonchev–Trinajstić information content (AvgIpc) is 3.36. The Balaban J connectivity index is 1.58. The van der Waals surface area contributed by atoms with E-state index in [2.05, 4.69) is 38.4 Å². The summed E-state index contributed by atoms with van der Waals surface area (Å²) in [6.45, 7) is 0.694. The van der Waals surface area contributed by atoms with Gasteiger partial charge in [-0.1, -0.05) is 0 Å². The van der Waals surface area contributed by atoms with Crippen LogP contribution in [0.25, 0.3) is 5.52 Å². The summed E-state index contributed by atoms with van der Waals surface area (Å²) >= 11 is 1.65. The van der Waals surface area contributed by atoms with Crippen molar-refractivity contribution in [2.45, 2.75) is 11.5 Å². The molecule has 3 aromatic rings. The molecule has 0 aliphatic carbocycles. The standard InChI is InChI=1S/C22H17BrF3N3O2Se/c1-27-20(30)15-6-7-17(19-14(15)8-11-31-19)28-9-2-4-13-12-18-16(23)5-3-10-29(18)21(13)32-22(24,25)26/h3,5-7,10,12,28H,8-9,11H2,1H3,(H,27,30). The van der Waals surface area contributed by atoms with Gasteiger partial charge in [-0.2, -0.15) is 0 Å². The van der Waals surface area contributed by atoms with Crippen LogP contribution in [0.3, 0.4) is 0 Å². The maximum absolute atomic E-state index is 13.2. The molecule has 32 heavy (non-hydrogen) atoms. The molecule has 166 valence electrons. The van der Waals surface area contributed by atoms with E-state index in [1.165, 1.54) is 4.40 Å². The van der Waals surface area contributed by atoms with Gasteiger partial charge in [0.15, 0.2) is 0 Å². The van der Waals surface area contributed by atoms with Gasteiger partial charge in [0.05, 0.1) is 0 Å². The van der Waals surface area contributed by atoms with Crippen molar-refractivity contribution in [3.8, 4) is 17.6 Å². The number of halogens is 4. The monoisotopic (exact) mass is 571 g/mol. The molecule has 10 heteroatoms. The Kier molecular flexibility index (Phi) is 6.42. The molecule has 1 aliphatic heterocycles. The molecule has 1 aromatic carbocycles. The second kappa shape index (κ2) is 9.10. The predicted octanol–water partition coefficient (Wildman–Crippen LogP) is 3.31. The molecular formula is C22H17BrF3N3O2Se. The SMILES string of the molecule is CNC(=O)c1ccc(NCC#Cc2cc3c(Br)cccn3c2[Se]C(F)(F)F)c2c1CCO2. The molecule has 1 amide bonds. The summed E-state index contributed by atoms with van der Waals surface area (Å²) in [5, 5.41) is 1.48. The Morgan fingerprint density at radius 2 is 2.16 bits per heavy atom. The third-order valence-electron chi connectivity index (χ3n) is 4.85. The second-order valence-corrected chi connectivity index (χ2v) is 9.89. The number of carbonyl (C=O) groups excluding carboxylic acids is 1. The summed E-state index contributed by atoms with van der Waals surface area (Å²) < 4.78 is 47.6. The number of alkyl halides is 3. The fraction of sp³-hybridized carbons (Fsp3) is 0.227. The van der Waals surface area contributed by atoms with Crippen LogP contribution in [0.1, 0.15) is 21.5 Å². The summed E-state index contributed by atoms with van der Waals surface area (Å²) in [5.74, 6) is 6.24. The van der Waals surface area contributed by atoms with Crippen molar-refractivity contribution >= 4 is 52.6 Å². The number of rotatable bonds is 4. The Labute approximate surface area is 197 Å². The van der Waals surface area contributed by atoms with Crippen LogP contribution in [-0.2, 0) is 6.42 Å². The molecule has 3 heterocycles. The van der Waals surface area contributed by atoms with Crippen molar-refractivity contribution in [2.24, 2.45) is 0 Å². The molecule has 0 atom stereocenters. The molecule has 2 aromatic heterocycles. The molecule has 0 fully saturated rings. The normalized spacial score (nSPS) is 12.7. The van der Waals surface area contributed by atoms with Gasteiger partial charge in [0, 0.05) is 7.05 Å². The fourth-order valence-electron chi connectivity index (χ4n) is 3.50. The molecule has 1 aliphatic rings. The number of carbonyl (C=O) groups is 1. The molecular weight excluding hydrogens is 554 g/mol. The number of hydrogen-bond acceptors (Lipinski definition) is 3. The van der Waals surface area contributed by atoms with Crippen LogP contribution < -0.4 is 20.0 Å². The zero-order chi connectivity index (χ0) is 22.9. The predicted molar refractivity (Wildman–Crippen MR) is 121 cm³/mol. The number of ether oxygens (including phenoxy) is 1. The van der Waals surface area contributed by atoms with Crippen LogP contribution >= 0.6 is 15.9 Å². The van der Waals surface area contributed by atoms with E-state index in [0.29, 0.717) is 45.6 Å². The number of hydrogen-bond donors (Lipinski definition) is 2. The molecule has 5 nitrogen and oxygen atoms in total. The first-order valence-electron chi connectivity index (χ1n) is 9.57. The second-order valence-electron chi connectivity index (χ2n) is 6.82. The molecule has 0 spiro atoms. The molecule has 0 radical (unpaired) electrons. The van der Waals surface area contributed by atoms with E-state index < -0.39 is 20.0 Å². The van der Waals surface area contributed by atoms with Gasteiger partial charge in [-0.05, 0) is 0 Å². The summed E-state index contributed by atoms with van der Waals surface area (Å²) in [6.07, 6.45) is 2.25. The third-order valence-corrected chi connectivity index (χ3v) is 7.28. The summed E-state index contributed by atoms with van der Waals surface area (Å²) in [4.78, 5) is 12.0. The number of nitrogens with zero attached hydrogens (tertiary/aromatic N) is 1. The van der Waals surface area contributed by atoms with Crippen LogP contribution in [0.15, 0.2) is 41.0 Å². The van der Waals surface area contributed by atoms with Gasteiger partial charge in [-0.25, -0.2) is 0 Å². The van der Waals surface area contributed by atoms with E-state index in [0.717, 1.165) is 5.56 Å². The minimum absolute atomic E-state index is 0.160. The zero-order valence-electron chi connectivity index (χ0n) is 16.8. The van der Waals surface area contributed by atoms with Crippen LogP contribution in [-0.4, -0.2) is 50.5 Å². The number of aromatic nitrogens is 1. The van der Waals surface area contributed by atoms with Crippen molar-refractivity contribution in [2.75, 3.05) is 25.5 Å². The molecule has 0 saturated carbocycles. The average molecular weight is 571 g/mol. The van der Waals surface area contributed by atoms with Gasteiger partial charge in [0.1, 0.15) is 0 Å². The Morgan fingerprint density at radius 3 is 2.91 bits per heavy atom. The summed E-state index contributed by atoms with van der Waals surface area (Å²) in [7, 11) is 1.57. The van der Waals surface area contributed by atoms with E-state index in [1.807, 2.05) is 0 Å². The topological polar surface area (TPSA) is 54.8 Å². The first-order valence-corrected chi connectivity index (χ1v) is 12.1. The number of amides is 1. The third kappa shape index (κ3) is 4.60. The molecule has 2 N–H and O–H groups in total. The molecule has 0 saturated heterocycles. The fourth-order valence-corrected chi connectivity index (χ4v) is 5.42. The van der Waals surface area contributed by atoms with Crippen LogP contribution in [0, 0.1) is 11.8 Å². The van der Waals surface area contributed by atoms with Gasteiger partial charge in [0.2, 0.25) is 0 Å². The van der Waals surface area contributed by atoms with E-state index >= 15 is 0 Å². The van der Waals surface area contributed by atoms with Gasteiger partial charge in [-0.15, -0.1) is 0 Å². The quantitative estimate of drug-likeness (QED) is 0.374. The van der Waals surface area contributed by atoms with E-state index in [-0.39, 0.29) is 17.0 Å². The van der Waals surface area contributed by atoms with E-state index in [1.54, 1.807) is 43.6 Å². The van der Waals surface area contributed by atoms with Gasteiger partial charge in [-0.3, -0.25) is 0 Å². The van der Waals surface area contributed by atoms with Crippen molar-refractivity contribution in [1.82, 2.24) is 9.72 Å². The summed E-state index contributed by atoms with van der Waals surface area (Å²) in [5.41, 5.74) is 3.10. The van der Waals surface area contributed by atoms with Gasteiger partial charge >= 0.3 is 190 Å². The van der Waals surface area contributed by atoms with Gasteiger partial charge in [0.25, 0.3) is 0 Å². The number of benzene rings is 1. The van der Waals surface area contributed by atoms with Gasteiger partial charge < -0.3 is 0 Å².